The lowest BCUT2D eigenvalue weighted by molar-refractivity contribution is -0.119. The van der Waals surface area contributed by atoms with Crippen LogP contribution < -0.4 is 15.4 Å². The van der Waals surface area contributed by atoms with E-state index in [1.165, 1.54) is 18.2 Å². The monoisotopic (exact) mass is 336 g/mol. The highest BCUT2D eigenvalue weighted by atomic mass is 35.5. The first-order valence-corrected chi connectivity index (χ1v) is 7.57. The van der Waals surface area contributed by atoms with Crippen LogP contribution in [0.15, 0.2) is 42.5 Å². The van der Waals surface area contributed by atoms with E-state index in [1.54, 1.807) is 0 Å². The van der Waals surface area contributed by atoms with Gasteiger partial charge in [0.05, 0.1) is 18.1 Å². The molecule has 0 bridgehead atoms. The SMILES string of the molecule is Cc1cccc(OCCNC(=O)CNc2ccc(F)c(Cl)c2)c1. The van der Waals surface area contributed by atoms with E-state index in [2.05, 4.69) is 10.6 Å². The highest BCUT2D eigenvalue weighted by Gasteiger charge is 2.04. The second-order valence-electron chi connectivity index (χ2n) is 5.00. The van der Waals surface area contributed by atoms with Crippen molar-refractivity contribution < 1.29 is 13.9 Å². The molecule has 0 atom stereocenters. The molecular weight excluding hydrogens is 319 g/mol. The van der Waals surface area contributed by atoms with Gasteiger partial charge in [0.15, 0.2) is 0 Å². The number of amides is 1. The largest absolute Gasteiger partial charge is 0.492 e. The number of benzene rings is 2. The average molecular weight is 337 g/mol. The number of hydrogen-bond donors (Lipinski definition) is 2. The number of nitrogens with one attached hydrogen (secondary N) is 2. The normalized spacial score (nSPS) is 10.2. The molecule has 122 valence electrons. The Balaban J connectivity index is 1.66. The molecule has 4 nitrogen and oxygen atoms in total. The van der Waals surface area contributed by atoms with Gasteiger partial charge in [0, 0.05) is 5.69 Å². The minimum Gasteiger partial charge on any atom is -0.492 e. The molecule has 2 rings (SSSR count). The summed E-state index contributed by atoms with van der Waals surface area (Å²) in [6.07, 6.45) is 0. The average Bonchev–Trinajstić information content (AvgIpc) is 2.53. The van der Waals surface area contributed by atoms with E-state index in [0.717, 1.165) is 11.3 Å². The van der Waals surface area contributed by atoms with Crippen LogP contribution in [0.4, 0.5) is 10.1 Å². The van der Waals surface area contributed by atoms with Crippen molar-refractivity contribution in [3.05, 3.63) is 58.9 Å². The van der Waals surface area contributed by atoms with E-state index in [9.17, 15) is 9.18 Å². The molecule has 0 fully saturated rings. The summed E-state index contributed by atoms with van der Waals surface area (Å²) >= 11 is 5.67. The topological polar surface area (TPSA) is 50.4 Å². The summed E-state index contributed by atoms with van der Waals surface area (Å²) in [5.74, 6) is 0.103. The summed E-state index contributed by atoms with van der Waals surface area (Å²) in [6, 6.07) is 11.9. The van der Waals surface area contributed by atoms with E-state index >= 15 is 0 Å². The highest BCUT2D eigenvalue weighted by Crippen LogP contribution is 2.18. The predicted octanol–water partition coefficient (Wildman–Crippen LogP) is 3.39. The summed E-state index contributed by atoms with van der Waals surface area (Å²) in [4.78, 5) is 11.7. The molecule has 0 aliphatic rings. The van der Waals surface area contributed by atoms with Crippen LogP contribution in [0.2, 0.25) is 5.02 Å². The van der Waals surface area contributed by atoms with Crippen LogP contribution in [0.25, 0.3) is 0 Å². The molecule has 6 heteroatoms. The van der Waals surface area contributed by atoms with Gasteiger partial charge in [0.1, 0.15) is 18.2 Å². The molecule has 0 aromatic heterocycles. The summed E-state index contributed by atoms with van der Waals surface area (Å²) in [6.45, 7) is 2.85. The molecule has 0 radical (unpaired) electrons. The maximum absolute atomic E-state index is 13.0. The Kier molecular flexibility index (Phi) is 6.23. The number of carbonyl (C=O) groups is 1. The zero-order valence-electron chi connectivity index (χ0n) is 12.7. The number of carbonyl (C=O) groups excluding carboxylic acids is 1. The molecular formula is C17H18ClFN2O2. The van der Waals surface area contributed by atoms with Crippen molar-refractivity contribution in [1.29, 1.82) is 0 Å². The first-order valence-electron chi connectivity index (χ1n) is 7.19. The van der Waals surface area contributed by atoms with Gasteiger partial charge < -0.3 is 15.4 Å². The van der Waals surface area contributed by atoms with Gasteiger partial charge in [-0.2, -0.15) is 0 Å². The molecule has 2 aromatic carbocycles. The first kappa shape index (κ1) is 17.1. The molecule has 0 unspecified atom stereocenters. The molecule has 2 N–H and O–H groups in total. The smallest absolute Gasteiger partial charge is 0.239 e. The first-order chi connectivity index (χ1) is 11.0. The molecule has 0 saturated carbocycles. The molecule has 0 saturated heterocycles. The third-order valence-electron chi connectivity index (χ3n) is 3.06. The second kappa shape index (κ2) is 8.39. The maximum Gasteiger partial charge on any atom is 0.239 e. The number of ether oxygens (including phenoxy) is 1. The molecule has 1 amide bonds. The Morgan fingerprint density at radius 1 is 1.26 bits per heavy atom. The number of hydrogen-bond acceptors (Lipinski definition) is 3. The molecule has 0 heterocycles. The van der Waals surface area contributed by atoms with Crippen molar-refractivity contribution in [2.75, 3.05) is 25.0 Å². The lowest BCUT2D eigenvalue weighted by atomic mass is 10.2. The van der Waals surface area contributed by atoms with Gasteiger partial charge in [-0.25, -0.2) is 4.39 Å². The summed E-state index contributed by atoms with van der Waals surface area (Å²) < 4.78 is 18.5. The van der Waals surface area contributed by atoms with E-state index in [-0.39, 0.29) is 17.5 Å². The van der Waals surface area contributed by atoms with Gasteiger partial charge in [-0.3, -0.25) is 4.79 Å². The Morgan fingerprint density at radius 2 is 2.09 bits per heavy atom. The van der Waals surface area contributed by atoms with Gasteiger partial charge in [0.2, 0.25) is 5.91 Å². The van der Waals surface area contributed by atoms with Gasteiger partial charge in [-0.1, -0.05) is 23.7 Å². The minimum atomic E-state index is -0.491. The zero-order valence-corrected chi connectivity index (χ0v) is 13.5. The highest BCUT2D eigenvalue weighted by molar-refractivity contribution is 6.31. The second-order valence-corrected chi connectivity index (χ2v) is 5.40. The minimum absolute atomic E-state index is 0.0157. The van der Waals surface area contributed by atoms with Crippen molar-refractivity contribution >= 4 is 23.2 Å². The number of halogens is 2. The van der Waals surface area contributed by atoms with Crippen molar-refractivity contribution in [3.63, 3.8) is 0 Å². The van der Waals surface area contributed by atoms with E-state index < -0.39 is 5.82 Å². The van der Waals surface area contributed by atoms with Crippen LogP contribution in [0.1, 0.15) is 5.56 Å². The van der Waals surface area contributed by atoms with Gasteiger partial charge in [-0.05, 0) is 42.8 Å². The number of anilines is 1. The summed E-state index contributed by atoms with van der Waals surface area (Å²) in [5, 5.41) is 5.62. The van der Waals surface area contributed by atoms with Crippen LogP contribution in [-0.4, -0.2) is 25.6 Å². The van der Waals surface area contributed by atoms with Gasteiger partial charge >= 0.3 is 0 Å². The quantitative estimate of drug-likeness (QED) is 0.762. The Morgan fingerprint density at radius 3 is 2.83 bits per heavy atom. The third kappa shape index (κ3) is 5.79. The molecule has 0 aliphatic heterocycles. The van der Waals surface area contributed by atoms with Gasteiger partial charge in [-0.15, -0.1) is 0 Å². The Hall–Kier alpha value is -2.27. The predicted molar refractivity (Wildman–Crippen MR) is 89.6 cm³/mol. The number of rotatable bonds is 7. The van der Waals surface area contributed by atoms with E-state index in [4.69, 9.17) is 16.3 Å². The Bertz CT molecular complexity index is 679. The number of aryl methyl sites for hydroxylation is 1. The maximum atomic E-state index is 13.0. The van der Waals surface area contributed by atoms with Crippen molar-refractivity contribution in [2.24, 2.45) is 0 Å². The third-order valence-corrected chi connectivity index (χ3v) is 3.34. The van der Waals surface area contributed by atoms with Crippen LogP contribution in [-0.2, 0) is 4.79 Å². The summed E-state index contributed by atoms with van der Waals surface area (Å²) in [7, 11) is 0. The van der Waals surface area contributed by atoms with Crippen LogP contribution >= 0.6 is 11.6 Å². The van der Waals surface area contributed by atoms with Crippen LogP contribution in [0, 0.1) is 12.7 Å². The molecule has 2 aromatic rings. The fourth-order valence-electron chi connectivity index (χ4n) is 1.92. The van der Waals surface area contributed by atoms with E-state index in [0.29, 0.717) is 18.8 Å². The van der Waals surface area contributed by atoms with Crippen molar-refractivity contribution in [2.45, 2.75) is 6.92 Å². The molecule has 23 heavy (non-hydrogen) atoms. The molecule has 0 aliphatic carbocycles. The lowest BCUT2D eigenvalue weighted by Gasteiger charge is -2.10. The Labute approximate surface area is 139 Å². The fourth-order valence-corrected chi connectivity index (χ4v) is 2.10. The fraction of sp³-hybridized carbons (Fsp3) is 0.235. The zero-order chi connectivity index (χ0) is 16.7. The standard InChI is InChI=1S/C17H18ClFN2O2/c1-12-3-2-4-14(9-12)23-8-7-20-17(22)11-21-13-5-6-16(19)15(18)10-13/h2-6,9-10,21H,7-8,11H2,1H3,(H,20,22). The van der Waals surface area contributed by atoms with Crippen molar-refractivity contribution in [3.8, 4) is 5.75 Å². The lowest BCUT2D eigenvalue weighted by Crippen LogP contribution is -2.33. The van der Waals surface area contributed by atoms with Gasteiger partial charge in [0.25, 0.3) is 0 Å². The van der Waals surface area contributed by atoms with Crippen LogP contribution in [0.5, 0.6) is 5.75 Å². The van der Waals surface area contributed by atoms with Crippen LogP contribution in [0.3, 0.4) is 0 Å². The van der Waals surface area contributed by atoms with E-state index in [1.807, 2.05) is 31.2 Å². The van der Waals surface area contributed by atoms with Crippen molar-refractivity contribution in [1.82, 2.24) is 5.32 Å². The molecule has 0 spiro atoms. The summed E-state index contributed by atoms with van der Waals surface area (Å²) in [5.41, 5.74) is 1.70.